The fourth-order valence-corrected chi connectivity index (χ4v) is 1.75. The van der Waals surface area contributed by atoms with Crippen molar-refractivity contribution in [2.24, 2.45) is 0 Å². The number of nitrogens with one attached hydrogen (secondary N) is 1. The molecule has 1 amide bonds. The molecule has 0 aliphatic heterocycles. The molecule has 0 heterocycles. The summed E-state index contributed by atoms with van der Waals surface area (Å²) in [4.78, 5) is 13.5. The summed E-state index contributed by atoms with van der Waals surface area (Å²) in [7, 11) is 1.86. The molecule has 100 valence electrons. The fraction of sp³-hybridized carbons (Fsp3) is 0.533. The van der Waals surface area contributed by atoms with Crippen LogP contribution in [-0.2, 0) is 11.2 Å². The highest BCUT2D eigenvalue weighted by molar-refractivity contribution is 5.77. The van der Waals surface area contributed by atoms with Crippen LogP contribution in [0.1, 0.15) is 23.6 Å². The number of benzene rings is 1. The van der Waals surface area contributed by atoms with Crippen LogP contribution >= 0.6 is 0 Å². The summed E-state index contributed by atoms with van der Waals surface area (Å²) < 4.78 is 0. The smallest absolute Gasteiger partial charge is 0.236 e. The molecule has 18 heavy (non-hydrogen) atoms. The normalized spacial score (nSPS) is 10.4. The molecular weight excluding hydrogens is 224 g/mol. The number of carbonyl (C=O) groups excluding carboxylic acids is 1. The van der Waals surface area contributed by atoms with Crippen LogP contribution in [0.4, 0.5) is 0 Å². The average Bonchev–Trinajstić information content (AvgIpc) is 2.36. The first-order chi connectivity index (χ1) is 8.54. The molecule has 0 saturated heterocycles. The van der Waals surface area contributed by atoms with Crippen molar-refractivity contribution in [3.8, 4) is 0 Å². The minimum atomic E-state index is 0.153. The number of hydrogen-bond donors (Lipinski definition) is 1. The Balaban J connectivity index is 2.44. The van der Waals surface area contributed by atoms with E-state index in [-0.39, 0.29) is 5.91 Å². The van der Waals surface area contributed by atoms with E-state index < -0.39 is 0 Å². The molecule has 0 atom stereocenters. The third kappa shape index (κ3) is 4.49. The lowest BCUT2D eigenvalue weighted by Crippen LogP contribution is -2.36. The molecule has 0 unspecified atom stereocenters. The minimum Gasteiger partial charge on any atom is -0.344 e. The molecule has 1 aromatic carbocycles. The lowest BCUT2D eigenvalue weighted by molar-refractivity contribution is -0.128. The van der Waals surface area contributed by atoms with E-state index in [0.717, 1.165) is 19.5 Å². The Labute approximate surface area is 110 Å². The maximum absolute atomic E-state index is 11.7. The molecule has 3 heteroatoms. The van der Waals surface area contributed by atoms with Crippen molar-refractivity contribution in [2.45, 2.75) is 27.2 Å². The monoisotopic (exact) mass is 248 g/mol. The molecule has 0 saturated carbocycles. The molecule has 1 aromatic rings. The summed E-state index contributed by atoms with van der Waals surface area (Å²) in [5.41, 5.74) is 3.92. The highest BCUT2D eigenvalue weighted by atomic mass is 16.2. The Morgan fingerprint density at radius 1 is 1.28 bits per heavy atom. The first kappa shape index (κ1) is 14.7. The Morgan fingerprint density at radius 2 is 2.00 bits per heavy atom. The van der Waals surface area contributed by atoms with Crippen molar-refractivity contribution < 1.29 is 4.79 Å². The van der Waals surface area contributed by atoms with Crippen molar-refractivity contribution in [3.05, 3.63) is 34.9 Å². The van der Waals surface area contributed by atoms with Gasteiger partial charge < -0.3 is 10.2 Å². The van der Waals surface area contributed by atoms with E-state index in [4.69, 9.17) is 0 Å². The van der Waals surface area contributed by atoms with E-state index in [1.54, 1.807) is 4.90 Å². The van der Waals surface area contributed by atoms with Crippen molar-refractivity contribution in [1.29, 1.82) is 0 Å². The molecule has 0 aromatic heterocycles. The van der Waals surface area contributed by atoms with Gasteiger partial charge in [0.05, 0.1) is 6.54 Å². The van der Waals surface area contributed by atoms with Crippen LogP contribution in [0.25, 0.3) is 0 Å². The van der Waals surface area contributed by atoms with Crippen LogP contribution in [0, 0.1) is 13.8 Å². The number of hydrogen-bond acceptors (Lipinski definition) is 2. The van der Waals surface area contributed by atoms with Gasteiger partial charge in [0.15, 0.2) is 0 Å². The van der Waals surface area contributed by atoms with Gasteiger partial charge in [-0.15, -0.1) is 0 Å². The lowest BCUT2D eigenvalue weighted by atomic mass is 10.0. The highest BCUT2D eigenvalue weighted by Gasteiger charge is 2.07. The zero-order chi connectivity index (χ0) is 13.5. The van der Waals surface area contributed by atoms with Crippen LogP contribution in [0.5, 0.6) is 0 Å². The summed E-state index contributed by atoms with van der Waals surface area (Å²) in [5, 5.41) is 3.05. The topological polar surface area (TPSA) is 32.3 Å². The largest absolute Gasteiger partial charge is 0.344 e. The molecule has 1 rings (SSSR count). The second-order valence-corrected chi connectivity index (χ2v) is 4.76. The molecule has 1 N–H and O–H groups in total. The molecule has 0 fully saturated rings. The summed E-state index contributed by atoms with van der Waals surface area (Å²) in [5.74, 6) is 0.153. The second-order valence-electron chi connectivity index (χ2n) is 4.76. The summed E-state index contributed by atoms with van der Waals surface area (Å²) in [6.45, 7) is 8.27. The Kier molecular flexibility index (Phi) is 5.86. The molecule has 3 nitrogen and oxygen atoms in total. The third-order valence-corrected chi connectivity index (χ3v) is 3.26. The second kappa shape index (κ2) is 7.17. The van der Waals surface area contributed by atoms with Gasteiger partial charge in [-0.3, -0.25) is 4.79 Å². The van der Waals surface area contributed by atoms with Crippen LogP contribution in [0.15, 0.2) is 18.2 Å². The van der Waals surface area contributed by atoms with Crippen LogP contribution in [-0.4, -0.2) is 37.5 Å². The van der Waals surface area contributed by atoms with Gasteiger partial charge >= 0.3 is 0 Å². The average molecular weight is 248 g/mol. The number of amides is 1. The molecular formula is C15H24N2O. The standard InChI is InChI=1S/C15H24N2O/c1-5-16-11-15(18)17(4)9-8-14-7-6-12(2)13(3)10-14/h6-7,10,16H,5,8-9,11H2,1-4H3. The number of nitrogens with zero attached hydrogens (tertiary/aromatic N) is 1. The Bertz CT molecular complexity index is 401. The van der Waals surface area contributed by atoms with E-state index in [1.165, 1.54) is 16.7 Å². The zero-order valence-corrected chi connectivity index (χ0v) is 11.9. The van der Waals surface area contributed by atoms with E-state index in [0.29, 0.717) is 6.54 Å². The van der Waals surface area contributed by atoms with Gasteiger partial charge in [-0.2, -0.15) is 0 Å². The fourth-order valence-electron chi connectivity index (χ4n) is 1.75. The third-order valence-electron chi connectivity index (χ3n) is 3.26. The molecule has 0 radical (unpaired) electrons. The van der Waals surface area contributed by atoms with Crippen LogP contribution in [0.3, 0.4) is 0 Å². The number of aryl methyl sites for hydroxylation is 2. The zero-order valence-electron chi connectivity index (χ0n) is 11.9. The SMILES string of the molecule is CCNCC(=O)N(C)CCc1ccc(C)c(C)c1. The number of likely N-dealkylation sites (N-methyl/N-ethyl adjacent to an activating group) is 2. The maximum Gasteiger partial charge on any atom is 0.236 e. The van der Waals surface area contributed by atoms with E-state index >= 15 is 0 Å². The predicted molar refractivity (Wildman–Crippen MR) is 75.8 cm³/mol. The Morgan fingerprint density at radius 3 is 2.61 bits per heavy atom. The van der Waals surface area contributed by atoms with Gasteiger partial charge in [-0.1, -0.05) is 25.1 Å². The van der Waals surface area contributed by atoms with Gasteiger partial charge in [-0.05, 0) is 43.5 Å². The van der Waals surface area contributed by atoms with Gasteiger partial charge in [0.1, 0.15) is 0 Å². The van der Waals surface area contributed by atoms with Gasteiger partial charge in [0, 0.05) is 13.6 Å². The molecule has 0 aliphatic rings. The summed E-state index contributed by atoms with van der Waals surface area (Å²) in [6.07, 6.45) is 0.912. The number of rotatable bonds is 6. The maximum atomic E-state index is 11.7. The van der Waals surface area contributed by atoms with Gasteiger partial charge in [0.25, 0.3) is 0 Å². The van der Waals surface area contributed by atoms with E-state index in [2.05, 4.69) is 37.4 Å². The van der Waals surface area contributed by atoms with Crippen molar-refractivity contribution >= 4 is 5.91 Å². The van der Waals surface area contributed by atoms with Crippen LogP contribution in [0.2, 0.25) is 0 Å². The Hall–Kier alpha value is -1.35. The van der Waals surface area contributed by atoms with Gasteiger partial charge in [0.2, 0.25) is 5.91 Å². The van der Waals surface area contributed by atoms with E-state index in [9.17, 15) is 4.79 Å². The van der Waals surface area contributed by atoms with Crippen molar-refractivity contribution in [1.82, 2.24) is 10.2 Å². The van der Waals surface area contributed by atoms with E-state index in [1.807, 2.05) is 14.0 Å². The summed E-state index contributed by atoms with van der Waals surface area (Å²) in [6, 6.07) is 6.49. The molecule has 0 spiro atoms. The van der Waals surface area contributed by atoms with Gasteiger partial charge in [-0.25, -0.2) is 0 Å². The quantitative estimate of drug-likeness (QED) is 0.834. The minimum absolute atomic E-state index is 0.153. The first-order valence-electron chi connectivity index (χ1n) is 6.55. The van der Waals surface area contributed by atoms with Crippen molar-refractivity contribution in [3.63, 3.8) is 0 Å². The molecule has 0 aliphatic carbocycles. The lowest BCUT2D eigenvalue weighted by Gasteiger charge is -2.17. The highest BCUT2D eigenvalue weighted by Crippen LogP contribution is 2.10. The summed E-state index contributed by atoms with van der Waals surface area (Å²) >= 11 is 0. The molecule has 0 bridgehead atoms. The first-order valence-corrected chi connectivity index (χ1v) is 6.55. The predicted octanol–water partition coefficient (Wildman–Crippen LogP) is 1.91. The van der Waals surface area contributed by atoms with Crippen molar-refractivity contribution in [2.75, 3.05) is 26.7 Å². The van der Waals surface area contributed by atoms with Crippen LogP contribution < -0.4 is 5.32 Å². The number of carbonyl (C=O) groups is 1.